The molecule has 10 heteroatoms. The van der Waals surface area contributed by atoms with Gasteiger partial charge in [-0.05, 0) is 78.9 Å². The van der Waals surface area contributed by atoms with Crippen molar-refractivity contribution in [2.75, 3.05) is 20.8 Å². The summed E-state index contributed by atoms with van der Waals surface area (Å²) < 4.78 is 16.4. The standard InChI is InChI=1S/C28H24Cl2N2O5S/c1-4-36-27(34)18-7-10-21(11-8-18)31-28-32(2)26(33)25(38-28)14-17-5-12-23(24(13-17)35-3)37-16-19-6-9-20(29)15-22(19)30/h5-15H,4,16H2,1-3H3/b25-14+,31-28?. The SMILES string of the molecule is CCOC(=O)c1ccc(N=C2S/C(=C/c3ccc(OCc4ccc(Cl)cc4Cl)c(OC)c3)C(=O)N2C)cc1. The molecule has 1 aliphatic heterocycles. The number of thioether (sulfide) groups is 1. The molecule has 1 aliphatic rings. The molecule has 1 saturated heterocycles. The van der Waals surface area contributed by atoms with Crippen LogP contribution in [0, 0.1) is 0 Å². The van der Waals surface area contributed by atoms with Crippen molar-refractivity contribution < 1.29 is 23.8 Å². The van der Waals surface area contributed by atoms with E-state index in [1.165, 1.54) is 16.7 Å². The van der Waals surface area contributed by atoms with Crippen molar-refractivity contribution >= 4 is 63.8 Å². The summed E-state index contributed by atoms with van der Waals surface area (Å²) in [5.41, 5.74) is 2.62. The Labute approximate surface area is 235 Å². The second-order valence-corrected chi connectivity index (χ2v) is 9.92. The van der Waals surface area contributed by atoms with Crippen molar-refractivity contribution in [1.29, 1.82) is 0 Å². The number of rotatable bonds is 8. The number of aliphatic imine (C=N–C) groups is 1. The molecule has 1 heterocycles. The fourth-order valence-electron chi connectivity index (χ4n) is 3.49. The Kier molecular flexibility index (Phi) is 8.99. The second-order valence-electron chi connectivity index (χ2n) is 8.07. The first-order valence-electron chi connectivity index (χ1n) is 11.6. The Morgan fingerprint density at radius 3 is 2.50 bits per heavy atom. The summed E-state index contributed by atoms with van der Waals surface area (Å²) in [5.74, 6) is 0.495. The number of esters is 1. The highest BCUT2D eigenvalue weighted by atomic mass is 35.5. The van der Waals surface area contributed by atoms with Gasteiger partial charge in [0, 0.05) is 22.7 Å². The Morgan fingerprint density at radius 2 is 1.82 bits per heavy atom. The van der Waals surface area contributed by atoms with E-state index in [0.717, 1.165) is 11.1 Å². The monoisotopic (exact) mass is 570 g/mol. The van der Waals surface area contributed by atoms with Gasteiger partial charge in [0.2, 0.25) is 0 Å². The van der Waals surface area contributed by atoms with E-state index in [9.17, 15) is 9.59 Å². The summed E-state index contributed by atoms with van der Waals surface area (Å²) in [6, 6.07) is 17.3. The minimum absolute atomic E-state index is 0.173. The van der Waals surface area contributed by atoms with E-state index < -0.39 is 0 Å². The number of carbonyl (C=O) groups excluding carboxylic acids is 2. The Balaban J connectivity index is 1.49. The van der Waals surface area contributed by atoms with Crippen LogP contribution in [0.1, 0.15) is 28.4 Å². The summed E-state index contributed by atoms with van der Waals surface area (Å²) in [5, 5.41) is 1.60. The molecule has 0 aromatic heterocycles. The predicted molar refractivity (Wildman–Crippen MR) is 152 cm³/mol. The molecule has 38 heavy (non-hydrogen) atoms. The van der Waals surface area contributed by atoms with Crippen LogP contribution in [0.5, 0.6) is 11.5 Å². The molecular weight excluding hydrogens is 547 g/mol. The second kappa shape index (κ2) is 12.4. The van der Waals surface area contributed by atoms with E-state index in [1.807, 2.05) is 12.1 Å². The quantitative estimate of drug-likeness (QED) is 0.214. The van der Waals surface area contributed by atoms with E-state index in [2.05, 4.69) is 4.99 Å². The molecule has 3 aromatic carbocycles. The number of likely N-dealkylation sites (N-methyl/N-ethyl adjacent to an activating group) is 1. The lowest BCUT2D eigenvalue weighted by molar-refractivity contribution is -0.121. The summed E-state index contributed by atoms with van der Waals surface area (Å²) in [6.45, 7) is 2.30. The molecule has 0 unspecified atom stereocenters. The van der Waals surface area contributed by atoms with Crippen LogP contribution >= 0.6 is 35.0 Å². The molecular formula is C28H24Cl2N2O5S. The number of nitrogens with zero attached hydrogens (tertiary/aromatic N) is 2. The normalized spacial score (nSPS) is 15.3. The number of hydrogen-bond acceptors (Lipinski definition) is 7. The average molecular weight is 571 g/mol. The molecule has 196 valence electrons. The van der Waals surface area contributed by atoms with Gasteiger partial charge < -0.3 is 14.2 Å². The first kappa shape index (κ1) is 27.6. The highest BCUT2D eigenvalue weighted by molar-refractivity contribution is 8.18. The first-order chi connectivity index (χ1) is 18.3. The molecule has 3 aromatic rings. The van der Waals surface area contributed by atoms with Gasteiger partial charge in [-0.3, -0.25) is 9.69 Å². The molecule has 0 aliphatic carbocycles. The molecule has 0 N–H and O–H groups in total. The van der Waals surface area contributed by atoms with Crippen molar-refractivity contribution in [2.24, 2.45) is 4.99 Å². The average Bonchev–Trinajstić information content (AvgIpc) is 3.16. The van der Waals surface area contributed by atoms with Crippen LogP contribution < -0.4 is 9.47 Å². The third kappa shape index (κ3) is 6.51. The van der Waals surface area contributed by atoms with E-state index in [1.54, 1.807) is 75.7 Å². The number of benzene rings is 3. The number of amidine groups is 1. The summed E-state index contributed by atoms with van der Waals surface area (Å²) >= 11 is 13.5. The maximum atomic E-state index is 12.9. The van der Waals surface area contributed by atoms with E-state index >= 15 is 0 Å². The lowest BCUT2D eigenvalue weighted by Gasteiger charge is -2.12. The van der Waals surface area contributed by atoms with Crippen LogP contribution in [0.4, 0.5) is 5.69 Å². The van der Waals surface area contributed by atoms with Crippen molar-refractivity contribution in [3.63, 3.8) is 0 Å². The molecule has 0 atom stereocenters. The maximum absolute atomic E-state index is 12.9. The fourth-order valence-corrected chi connectivity index (χ4v) is 4.94. The van der Waals surface area contributed by atoms with Gasteiger partial charge in [0.1, 0.15) is 6.61 Å². The minimum atomic E-state index is -0.389. The fraction of sp³-hybridized carbons (Fsp3) is 0.179. The Hall–Kier alpha value is -3.46. The van der Waals surface area contributed by atoms with E-state index in [0.29, 0.717) is 49.5 Å². The smallest absolute Gasteiger partial charge is 0.338 e. The minimum Gasteiger partial charge on any atom is -0.493 e. The van der Waals surface area contributed by atoms with Crippen molar-refractivity contribution in [3.05, 3.63) is 92.3 Å². The summed E-state index contributed by atoms with van der Waals surface area (Å²) in [4.78, 5) is 31.3. The zero-order valence-electron chi connectivity index (χ0n) is 20.9. The summed E-state index contributed by atoms with van der Waals surface area (Å²) in [6.07, 6.45) is 1.78. The van der Waals surface area contributed by atoms with Crippen LogP contribution in [0.2, 0.25) is 10.0 Å². The molecule has 0 spiro atoms. The zero-order chi connectivity index (χ0) is 27.2. The lowest BCUT2D eigenvalue weighted by Crippen LogP contribution is -2.23. The highest BCUT2D eigenvalue weighted by Crippen LogP contribution is 2.35. The molecule has 4 rings (SSSR count). The van der Waals surface area contributed by atoms with Crippen molar-refractivity contribution in [1.82, 2.24) is 4.90 Å². The first-order valence-corrected chi connectivity index (χ1v) is 13.1. The predicted octanol–water partition coefficient (Wildman–Crippen LogP) is 6.99. The Bertz CT molecular complexity index is 1420. The third-order valence-corrected chi connectivity index (χ3v) is 7.14. The highest BCUT2D eigenvalue weighted by Gasteiger charge is 2.30. The number of methoxy groups -OCH3 is 1. The van der Waals surface area contributed by atoms with Crippen LogP contribution in [0.15, 0.2) is 70.6 Å². The number of ether oxygens (including phenoxy) is 3. The maximum Gasteiger partial charge on any atom is 0.338 e. The molecule has 7 nitrogen and oxygen atoms in total. The summed E-state index contributed by atoms with van der Waals surface area (Å²) in [7, 11) is 3.22. The van der Waals surface area contributed by atoms with Gasteiger partial charge in [-0.15, -0.1) is 0 Å². The van der Waals surface area contributed by atoms with E-state index in [4.69, 9.17) is 37.4 Å². The number of carbonyl (C=O) groups is 2. The van der Waals surface area contributed by atoms with Gasteiger partial charge >= 0.3 is 5.97 Å². The van der Waals surface area contributed by atoms with Crippen LogP contribution in [0.25, 0.3) is 6.08 Å². The van der Waals surface area contributed by atoms with E-state index in [-0.39, 0.29) is 18.5 Å². The zero-order valence-corrected chi connectivity index (χ0v) is 23.2. The Morgan fingerprint density at radius 1 is 1.05 bits per heavy atom. The van der Waals surface area contributed by atoms with Gasteiger partial charge in [-0.1, -0.05) is 35.3 Å². The number of hydrogen-bond donors (Lipinski definition) is 0. The molecule has 1 fully saturated rings. The van der Waals surface area contributed by atoms with Gasteiger partial charge in [-0.25, -0.2) is 9.79 Å². The third-order valence-electron chi connectivity index (χ3n) is 5.49. The molecule has 0 bridgehead atoms. The number of halogens is 2. The largest absolute Gasteiger partial charge is 0.493 e. The van der Waals surface area contributed by atoms with Crippen LogP contribution in [-0.4, -0.2) is 42.7 Å². The van der Waals surface area contributed by atoms with Gasteiger partial charge in [0.15, 0.2) is 16.7 Å². The number of amides is 1. The van der Waals surface area contributed by atoms with Gasteiger partial charge in [0.25, 0.3) is 5.91 Å². The van der Waals surface area contributed by atoms with Crippen molar-refractivity contribution in [3.8, 4) is 11.5 Å². The molecule has 0 radical (unpaired) electrons. The molecule has 1 amide bonds. The van der Waals surface area contributed by atoms with Gasteiger partial charge in [-0.2, -0.15) is 0 Å². The van der Waals surface area contributed by atoms with Gasteiger partial charge in [0.05, 0.1) is 29.9 Å². The lowest BCUT2D eigenvalue weighted by atomic mass is 10.2. The molecule has 0 saturated carbocycles. The van der Waals surface area contributed by atoms with Crippen LogP contribution in [-0.2, 0) is 16.1 Å². The topological polar surface area (TPSA) is 77.4 Å². The van der Waals surface area contributed by atoms with Crippen LogP contribution in [0.3, 0.4) is 0 Å². The van der Waals surface area contributed by atoms with Crippen molar-refractivity contribution in [2.45, 2.75) is 13.5 Å².